The van der Waals surface area contributed by atoms with Crippen LogP contribution >= 0.6 is 11.6 Å². The van der Waals surface area contributed by atoms with Gasteiger partial charge in [-0.1, -0.05) is 35.6 Å². The molecule has 2 aromatic carbocycles. The van der Waals surface area contributed by atoms with Gasteiger partial charge in [-0.2, -0.15) is 5.10 Å². The normalized spacial score (nSPS) is 10.5. The third-order valence-electron chi connectivity index (χ3n) is 5.63. The van der Waals surface area contributed by atoms with Gasteiger partial charge in [0.15, 0.2) is 0 Å². The Labute approximate surface area is 227 Å². The molecule has 194 valence electrons. The van der Waals surface area contributed by atoms with Gasteiger partial charge in [-0.05, 0) is 49.4 Å². The average Bonchev–Trinajstić information content (AvgIpc) is 3.32. The number of nitrogens with one attached hydrogen (secondary N) is 4. The molecule has 4 N–H and O–H groups in total. The molecule has 10 heteroatoms. The molecule has 2 heterocycles. The summed E-state index contributed by atoms with van der Waals surface area (Å²) in [6.45, 7) is 4.32. The molecule has 2 aromatic heterocycles. The SMILES string of the molecule is CNCCNCc1ccc(NC(=O)c2ccc(C)c(C#Cc3cnc(Nc4cnn(C)c4)nc3)c2)cc1Cl. The van der Waals surface area contributed by atoms with E-state index in [1.54, 1.807) is 41.5 Å². The Hall–Kier alpha value is -4.23. The molecule has 38 heavy (non-hydrogen) atoms. The molecule has 0 fully saturated rings. The molecular weight excluding hydrogens is 500 g/mol. The number of aryl methyl sites for hydroxylation is 2. The van der Waals surface area contributed by atoms with Gasteiger partial charge in [-0.25, -0.2) is 9.97 Å². The zero-order chi connectivity index (χ0) is 26.9. The van der Waals surface area contributed by atoms with Gasteiger partial charge < -0.3 is 21.3 Å². The molecule has 0 atom stereocenters. The van der Waals surface area contributed by atoms with Crippen LogP contribution in [0.4, 0.5) is 17.3 Å². The second-order valence-corrected chi connectivity index (χ2v) is 9.05. The summed E-state index contributed by atoms with van der Waals surface area (Å²) < 4.78 is 1.69. The number of benzene rings is 2. The first-order chi connectivity index (χ1) is 18.4. The van der Waals surface area contributed by atoms with E-state index >= 15 is 0 Å². The van der Waals surface area contributed by atoms with E-state index in [4.69, 9.17) is 11.6 Å². The van der Waals surface area contributed by atoms with Crippen LogP contribution in [0.5, 0.6) is 0 Å². The van der Waals surface area contributed by atoms with Crippen LogP contribution in [0.2, 0.25) is 5.02 Å². The van der Waals surface area contributed by atoms with E-state index in [9.17, 15) is 4.79 Å². The molecule has 0 radical (unpaired) electrons. The molecule has 4 rings (SSSR count). The minimum absolute atomic E-state index is 0.238. The largest absolute Gasteiger partial charge is 0.322 e. The van der Waals surface area contributed by atoms with Crippen molar-refractivity contribution in [3.05, 3.63) is 94.0 Å². The third-order valence-corrected chi connectivity index (χ3v) is 5.98. The zero-order valence-corrected chi connectivity index (χ0v) is 22.2. The van der Waals surface area contributed by atoms with E-state index in [1.165, 1.54) is 0 Å². The molecule has 4 aromatic rings. The molecular formula is C28H29ClN8O. The van der Waals surface area contributed by atoms with Crippen molar-refractivity contribution in [2.24, 2.45) is 7.05 Å². The predicted octanol–water partition coefficient (Wildman–Crippen LogP) is 3.88. The highest BCUT2D eigenvalue weighted by Crippen LogP contribution is 2.22. The van der Waals surface area contributed by atoms with Gasteiger partial charge in [0, 0.05) is 67.1 Å². The highest BCUT2D eigenvalue weighted by Gasteiger charge is 2.10. The molecule has 0 aliphatic heterocycles. The van der Waals surface area contributed by atoms with Crippen molar-refractivity contribution in [3.8, 4) is 11.8 Å². The number of hydrogen-bond donors (Lipinski definition) is 4. The van der Waals surface area contributed by atoms with Crippen molar-refractivity contribution in [1.82, 2.24) is 30.4 Å². The summed E-state index contributed by atoms with van der Waals surface area (Å²) in [6.07, 6.45) is 6.82. The number of likely N-dealkylation sites (N-methyl/N-ethyl adjacent to an activating group) is 1. The molecule has 0 unspecified atom stereocenters. The average molecular weight is 529 g/mol. The second-order valence-electron chi connectivity index (χ2n) is 8.64. The zero-order valence-electron chi connectivity index (χ0n) is 21.5. The highest BCUT2D eigenvalue weighted by molar-refractivity contribution is 6.31. The number of rotatable bonds is 9. The summed E-state index contributed by atoms with van der Waals surface area (Å²) in [4.78, 5) is 21.5. The van der Waals surface area contributed by atoms with E-state index < -0.39 is 0 Å². The summed E-state index contributed by atoms with van der Waals surface area (Å²) in [5.74, 6) is 6.42. The lowest BCUT2D eigenvalue weighted by Crippen LogP contribution is -2.24. The Morgan fingerprint density at radius 3 is 2.55 bits per heavy atom. The number of nitrogens with zero attached hydrogens (tertiary/aromatic N) is 4. The second kappa shape index (κ2) is 12.8. The van der Waals surface area contributed by atoms with Gasteiger partial charge in [0.2, 0.25) is 5.95 Å². The fourth-order valence-corrected chi connectivity index (χ4v) is 3.76. The molecule has 0 spiro atoms. The lowest BCUT2D eigenvalue weighted by atomic mass is 10.0. The van der Waals surface area contributed by atoms with E-state index in [0.717, 1.165) is 35.5 Å². The van der Waals surface area contributed by atoms with Gasteiger partial charge in [0.1, 0.15) is 0 Å². The Kier molecular flexibility index (Phi) is 9.06. The molecule has 0 saturated heterocycles. The van der Waals surface area contributed by atoms with Crippen LogP contribution in [0.15, 0.2) is 61.2 Å². The monoisotopic (exact) mass is 528 g/mol. The number of hydrogen-bond acceptors (Lipinski definition) is 7. The van der Waals surface area contributed by atoms with E-state index in [0.29, 0.717) is 34.3 Å². The lowest BCUT2D eigenvalue weighted by Gasteiger charge is -2.10. The van der Waals surface area contributed by atoms with Gasteiger partial charge in [0.25, 0.3) is 5.91 Å². The minimum Gasteiger partial charge on any atom is -0.322 e. The van der Waals surface area contributed by atoms with Crippen LogP contribution < -0.4 is 21.3 Å². The Bertz CT molecular complexity index is 1470. The Morgan fingerprint density at radius 1 is 1.03 bits per heavy atom. The number of halogens is 1. The maximum atomic E-state index is 12.9. The van der Waals surface area contributed by atoms with Crippen molar-refractivity contribution >= 4 is 34.8 Å². The van der Waals surface area contributed by atoms with Gasteiger partial charge in [-0.3, -0.25) is 9.48 Å². The van der Waals surface area contributed by atoms with Crippen molar-refractivity contribution in [2.75, 3.05) is 30.8 Å². The molecule has 9 nitrogen and oxygen atoms in total. The maximum absolute atomic E-state index is 12.9. The van der Waals surface area contributed by atoms with Gasteiger partial charge in [-0.15, -0.1) is 0 Å². The quantitative estimate of drug-likeness (QED) is 0.193. The predicted molar refractivity (Wildman–Crippen MR) is 151 cm³/mol. The van der Waals surface area contributed by atoms with Gasteiger partial charge in [0.05, 0.1) is 17.4 Å². The summed E-state index contributed by atoms with van der Waals surface area (Å²) in [5, 5.41) is 17.1. The molecule has 0 saturated carbocycles. The number of amides is 1. The number of carbonyl (C=O) groups is 1. The van der Waals surface area contributed by atoms with Crippen LogP contribution in [0.25, 0.3) is 0 Å². The number of carbonyl (C=O) groups excluding carboxylic acids is 1. The summed E-state index contributed by atoms with van der Waals surface area (Å²) in [7, 11) is 3.75. The van der Waals surface area contributed by atoms with E-state index in [2.05, 4.69) is 48.2 Å². The summed E-state index contributed by atoms with van der Waals surface area (Å²) in [5.41, 5.74) is 5.27. The molecule has 0 aliphatic rings. The standard InChI is InChI=1S/C28H29ClN8O/c1-19-4-6-22(27(38)35-24-9-8-23(26(29)13-24)16-31-11-10-30-2)12-21(19)7-5-20-14-32-28(33-15-20)36-25-17-34-37(3)18-25/h4,6,8-9,12-15,17-18,30-31H,10-11,16H2,1-3H3,(H,35,38)(H,32,33,36). The third kappa shape index (κ3) is 7.40. The summed E-state index contributed by atoms with van der Waals surface area (Å²) >= 11 is 6.43. The van der Waals surface area contributed by atoms with Crippen molar-refractivity contribution in [2.45, 2.75) is 13.5 Å². The lowest BCUT2D eigenvalue weighted by molar-refractivity contribution is 0.102. The molecule has 0 aliphatic carbocycles. The topological polar surface area (TPSA) is 109 Å². The Balaban J connectivity index is 1.40. The molecule has 1 amide bonds. The van der Waals surface area contributed by atoms with E-state index in [1.807, 2.05) is 45.4 Å². The smallest absolute Gasteiger partial charge is 0.255 e. The number of anilines is 3. The van der Waals surface area contributed by atoms with Crippen molar-refractivity contribution in [3.63, 3.8) is 0 Å². The van der Waals surface area contributed by atoms with Crippen LogP contribution in [0.3, 0.4) is 0 Å². The van der Waals surface area contributed by atoms with Crippen molar-refractivity contribution < 1.29 is 4.79 Å². The Morgan fingerprint density at radius 2 is 1.84 bits per heavy atom. The number of aromatic nitrogens is 4. The first-order valence-corrected chi connectivity index (χ1v) is 12.4. The summed E-state index contributed by atoms with van der Waals surface area (Å²) in [6, 6.07) is 11.0. The van der Waals surface area contributed by atoms with Crippen LogP contribution in [0, 0.1) is 18.8 Å². The minimum atomic E-state index is -0.238. The maximum Gasteiger partial charge on any atom is 0.255 e. The first-order valence-electron chi connectivity index (χ1n) is 12.1. The molecule has 0 bridgehead atoms. The van der Waals surface area contributed by atoms with Gasteiger partial charge >= 0.3 is 0 Å². The van der Waals surface area contributed by atoms with Crippen LogP contribution in [-0.4, -0.2) is 45.8 Å². The van der Waals surface area contributed by atoms with E-state index in [-0.39, 0.29) is 5.91 Å². The van der Waals surface area contributed by atoms with Crippen LogP contribution in [0.1, 0.15) is 32.6 Å². The fraction of sp³-hybridized carbons (Fsp3) is 0.214. The van der Waals surface area contributed by atoms with Crippen LogP contribution in [-0.2, 0) is 13.6 Å². The fourth-order valence-electron chi connectivity index (χ4n) is 3.52. The first kappa shape index (κ1) is 26.8. The highest BCUT2D eigenvalue weighted by atomic mass is 35.5. The van der Waals surface area contributed by atoms with Crippen molar-refractivity contribution in [1.29, 1.82) is 0 Å².